The van der Waals surface area contributed by atoms with Crippen LogP contribution in [0, 0.1) is 0 Å². The van der Waals surface area contributed by atoms with Crippen LogP contribution in [0.15, 0.2) is 42.6 Å². The highest BCUT2D eigenvalue weighted by atomic mass is 16.5. The summed E-state index contributed by atoms with van der Waals surface area (Å²) >= 11 is 0. The highest BCUT2D eigenvalue weighted by molar-refractivity contribution is 5.82. The first-order chi connectivity index (χ1) is 11.7. The number of rotatable bonds is 5. The summed E-state index contributed by atoms with van der Waals surface area (Å²) in [7, 11) is 4.72. The smallest absolute Gasteiger partial charge is 0.203 e. The molecule has 1 heterocycles. The van der Waals surface area contributed by atoms with E-state index in [1.165, 1.54) is 0 Å². The zero-order valence-electron chi connectivity index (χ0n) is 13.7. The van der Waals surface area contributed by atoms with E-state index in [-0.39, 0.29) is 5.75 Å². The van der Waals surface area contributed by atoms with Gasteiger partial charge in [0, 0.05) is 17.3 Å². The average molecular weight is 326 g/mol. The van der Waals surface area contributed by atoms with Crippen molar-refractivity contribution in [2.45, 2.75) is 0 Å². The Kier molecular flexibility index (Phi) is 4.29. The summed E-state index contributed by atoms with van der Waals surface area (Å²) < 4.78 is 16.2. The molecule has 0 spiro atoms. The van der Waals surface area contributed by atoms with Crippen LogP contribution in [-0.4, -0.2) is 36.6 Å². The molecule has 0 unspecified atom stereocenters. The third-order valence-electron chi connectivity index (χ3n) is 3.76. The van der Waals surface area contributed by atoms with Crippen LogP contribution in [0.25, 0.3) is 22.4 Å². The Morgan fingerprint density at radius 3 is 2.04 bits per heavy atom. The van der Waals surface area contributed by atoms with Crippen molar-refractivity contribution < 1.29 is 19.3 Å². The number of hydrogen-bond acceptors (Lipinski definition) is 5. The fourth-order valence-corrected chi connectivity index (χ4v) is 2.59. The number of nitrogens with zero attached hydrogens (tertiary/aromatic N) is 1. The van der Waals surface area contributed by atoms with Gasteiger partial charge in [-0.2, -0.15) is 5.10 Å². The van der Waals surface area contributed by atoms with Crippen molar-refractivity contribution in [2.24, 2.45) is 0 Å². The number of aromatic hydroxyl groups is 1. The number of nitrogens with one attached hydrogen (secondary N) is 1. The monoisotopic (exact) mass is 326 g/mol. The lowest BCUT2D eigenvalue weighted by Crippen LogP contribution is -1.96. The lowest BCUT2D eigenvalue weighted by molar-refractivity contribution is 0.324. The molecule has 0 saturated heterocycles. The predicted octanol–water partition coefficient (Wildman–Crippen LogP) is 3.48. The topological polar surface area (TPSA) is 76.6 Å². The fraction of sp³-hybridized carbons (Fsp3) is 0.167. The maximum Gasteiger partial charge on any atom is 0.203 e. The maximum absolute atomic E-state index is 9.46. The van der Waals surface area contributed by atoms with Crippen LogP contribution in [0.4, 0.5) is 0 Å². The Morgan fingerprint density at radius 1 is 0.875 bits per heavy atom. The fourth-order valence-electron chi connectivity index (χ4n) is 2.59. The van der Waals surface area contributed by atoms with E-state index in [1.54, 1.807) is 33.5 Å². The molecule has 0 aliphatic rings. The van der Waals surface area contributed by atoms with Crippen molar-refractivity contribution in [1.29, 1.82) is 0 Å². The van der Waals surface area contributed by atoms with Gasteiger partial charge in [0.2, 0.25) is 5.75 Å². The molecule has 0 saturated carbocycles. The molecule has 0 radical (unpaired) electrons. The minimum absolute atomic E-state index is 0.219. The van der Waals surface area contributed by atoms with Gasteiger partial charge in [-0.1, -0.05) is 12.1 Å². The Bertz CT molecular complexity index is 815. The Labute approximate surface area is 139 Å². The predicted molar refractivity (Wildman–Crippen MR) is 90.8 cm³/mol. The van der Waals surface area contributed by atoms with Gasteiger partial charge in [-0.15, -0.1) is 0 Å². The molecule has 0 amide bonds. The van der Waals surface area contributed by atoms with Crippen molar-refractivity contribution in [2.75, 3.05) is 21.3 Å². The number of ether oxygens (including phenoxy) is 3. The first kappa shape index (κ1) is 15.7. The number of aromatic amines is 1. The number of phenolic OH excluding ortho intramolecular Hbond substituents is 1. The highest BCUT2D eigenvalue weighted by Gasteiger charge is 2.18. The van der Waals surface area contributed by atoms with E-state index in [0.29, 0.717) is 17.2 Å². The van der Waals surface area contributed by atoms with Crippen molar-refractivity contribution in [3.63, 3.8) is 0 Å². The quantitative estimate of drug-likeness (QED) is 0.751. The number of hydrogen-bond donors (Lipinski definition) is 2. The van der Waals surface area contributed by atoms with Gasteiger partial charge in [-0.25, -0.2) is 0 Å². The van der Waals surface area contributed by atoms with Crippen LogP contribution < -0.4 is 14.2 Å². The number of phenols is 1. The molecule has 24 heavy (non-hydrogen) atoms. The Balaban J connectivity index is 2.14. The van der Waals surface area contributed by atoms with Crippen LogP contribution in [-0.2, 0) is 0 Å². The summed E-state index contributed by atoms with van der Waals surface area (Å²) in [6, 6.07) is 10.6. The molecule has 2 aromatic carbocycles. The summed E-state index contributed by atoms with van der Waals surface area (Å²) in [5.41, 5.74) is 3.42. The Hall–Kier alpha value is -3.15. The number of benzene rings is 2. The number of methoxy groups -OCH3 is 3. The summed E-state index contributed by atoms with van der Waals surface area (Å²) in [5, 5.41) is 16.7. The van der Waals surface area contributed by atoms with Gasteiger partial charge in [0.15, 0.2) is 11.5 Å². The molecule has 1 aromatic heterocycles. The van der Waals surface area contributed by atoms with Crippen LogP contribution in [0.5, 0.6) is 23.0 Å². The van der Waals surface area contributed by atoms with Gasteiger partial charge in [0.1, 0.15) is 11.4 Å². The molecule has 0 aliphatic carbocycles. The average Bonchev–Trinajstić information content (AvgIpc) is 3.10. The van der Waals surface area contributed by atoms with Crippen molar-refractivity contribution in [1.82, 2.24) is 10.2 Å². The second-order valence-corrected chi connectivity index (χ2v) is 5.11. The van der Waals surface area contributed by atoms with Gasteiger partial charge >= 0.3 is 0 Å². The molecular weight excluding hydrogens is 308 g/mol. The van der Waals surface area contributed by atoms with Crippen molar-refractivity contribution in [3.8, 4) is 45.4 Å². The maximum atomic E-state index is 9.46. The zero-order chi connectivity index (χ0) is 17.1. The van der Waals surface area contributed by atoms with Crippen LogP contribution in [0.2, 0.25) is 0 Å². The van der Waals surface area contributed by atoms with E-state index in [9.17, 15) is 5.11 Å². The van der Waals surface area contributed by atoms with E-state index in [4.69, 9.17) is 14.2 Å². The molecule has 3 rings (SSSR count). The SMILES string of the molecule is COc1cc(-c2n[nH]cc2-c2ccc(O)cc2)cc(OC)c1OC. The van der Waals surface area contributed by atoms with E-state index >= 15 is 0 Å². The van der Waals surface area contributed by atoms with E-state index in [2.05, 4.69) is 10.2 Å². The first-order valence-corrected chi connectivity index (χ1v) is 7.31. The summed E-state index contributed by atoms with van der Waals surface area (Å²) in [6.45, 7) is 0. The van der Waals surface area contributed by atoms with Gasteiger partial charge in [-0.3, -0.25) is 5.10 Å². The van der Waals surface area contributed by atoms with E-state index < -0.39 is 0 Å². The molecule has 0 atom stereocenters. The molecule has 0 aliphatic heterocycles. The Morgan fingerprint density at radius 2 is 1.50 bits per heavy atom. The lowest BCUT2D eigenvalue weighted by Gasteiger charge is -2.14. The van der Waals surface area contributed by atoms with Gasteiger partial charge in [0.05, 0.1) is 21.3 Å². The van der Waals surface area contributed by atoms with Crippen molar-refractivity contribution in [3.05, 3.63) is 42.6 Å². The van der Waals surface area contributed by atoms with Crippen LogP contribution >= 0.6 is 0 Å². The second-order valence-electron chi connectivity index (χ2n) is 5.11. The van der Waals surface area contributed by atoms with Gasteiger partial charge in [-0.05, 0) is 29.8 Å². The lowest BCUT2D eigenvalue weighted by atomic mass is 10.0. The van der Waals surface area contributed by atoms with E-state index in [0.717, 1.165) is 22.4 Å². The van der Waals surface area contributed by atoms with Gasteiger partial charge in [0.25, 0.3) is 0 Å². The van der Waals surface area contributed by atoms with Crippen molar-refractivity contribution >= 4 is 0 Å². The molecule has 3 aromatic rings. The molecular formula is C18H18N2O4. The van der Waals surface area contributed by atoms with Crippen LogP contribution in [0.3, 0.4) is 0 Å². The summed E-state index contributed by atoms with van der Waals surface area (Å²) in [4.78, 5) is 0. The van der Waals surface area contributed by atoms with Gasteiger partial charge < -0.3 is 19.3 Å². The number of H-pyrrole nitrogens is 1. The largest absolute Gasteiger partial charge is 0.508 e. The highest BCUT2D eigenvalue weighted by Crippen LogP contribution is 2.42. The molecule has 2 N–H and O–H groups in total. The molecule has 0 fully saturated rings. The number of aromatic nitrogens is 2. The third-order valence-corrected chi connectivity index (χ3v) is 3.76. The first-order valence-electron chi connectivity index (χ1n) is 7.31. The summed E-state index contributed by atoms with van der Waals surface area (Å²) in [5.74, 6) is 1.88. The normalized spacial score (nSPS) is 10.5. The minimum Gasteiger partial charge on any atom is -0.508 e. The molecule has 0 bridgehead atoms. The molecule has 6 nitrogen and oxygen atoms in total. The minimum atomic E-state index is 0.219. The zero-order valence-corrected chi connectivity index (χ0v) is 13.7. The molecule has 6 heteroatoms. The summed E-state index contributed by atoms with van der Waals surface area (Å²) in [6.07, 6.45) is 1.81. The second kappa shape index (κ2) is 6.54. The van der Waals surface area contributed by atoms with Crippen LogP contribution in [0.1, 0.15) is 0 Å². The van der Waals surface area contributed by atoms with E-state index in [1.807, 2.05) is 30.5 Å². The molecule has 124 valence electrons. The third kappa shape index (κ3) is 2.74. The standard InChI is InChI=1S/C18H18N2O4/c1-22-15-8-12(9-16(23-2)18(15)24-3)17-14(10-19-20-17)11-4-6-13(21)7-5-11/h4-10,21H,1-3H3,(H,19,20).